The molecule has 5 heteroatoms. The summed E-state index contributed by atoms with van der Waals surface area (Å²) in [4.78, 5) is 5.90. The van der Waals surface area contributed by atoms with Crippen LogP contribution in [0.4, 0.5) is 0 Å². The van der Waals surface area contributed by atoms with Gasteiger partial charge in [-0.15, -0.1) is 11.3 Å². The maximum Gasteiger partial charge on any atom is 0.0705 e. The van der Waals surface area contributed by atoms with Gasteiger partial charge in [0.15, 0.2) is 0 Å². The topological polar surface area (TPSA) is 50.9 Å². The molecule has 102 valence electrons. The highest BCUT2D eigenvalue weighted by Crippen LogP contribution is 2.27. The smallest absolute Gasteiger partial charge is 0.0705 e. The SMILES string of the molecule is NNC(Cc1ccc2ccccc2n1)c1cc(Br)cs1. The second-order valence-electron chi connectivity index (χ2n) is 4.59. The van der Waals surface area contributed by atoms with E-state index in [1.165, 1.54) is 4.88 Å². The number of nitrogens with zero attached hydrogens (tertiary/aromatic N) is 1. The zero-order valence-corrected chi connectivity index (χ0v) is 13.1. The first kappa shape index (κ1) is 13.7. The molecular weight excluding hydrogens is 334 g/mol. The monoisotopic (exact) mass is 347 g/mol. The van der Waals surface area contributed by atoms with Crippen molar-refractivity contribution >= 4 is 38.2 Å². The number of halogens is 1. The fraction of sp³-hybridized carbons (Fsp3) is 0.133. The van der Waals surface area contributed by atoms with E-state index in [2.05, 4.69) is 51.0 Å². The lowest BCUT2D eigenvalue weighted by Gasteiger charge is -2.14. The Hall–Kier alpha value is -1.27. The number of rotatable bonds is 4. The minimum Gasteiger partial charge on any atom is -0.271 e. The normalized spacial score (nSPS) is 12.7. The molecule has 0 aliphatic carbocycles. The van der Waals surface area contributed by atoms with Gasteiger partial charge in [-0.25, -0.2) is 0 Å². The third kappa shape index (κ3) is 2.91. The fourth-order valence-corrected chi connectivity index (χ4v) is 3.69. The Morgan fingerprint density at radius 2 is 2.10 bits per heavy atom. The van der Waals surface area contributed by atoms with E-state index in [1.807, 2.05) is 18.2 Å². The van der Waals surface area contributed by atoms with E-state index in [4.69, 9.17) is 10.8 Å². The molecule has 0 aliphatic heterocycles. The van der Waals surface area contributed by atoms with E-state index in [-0.39, 0.29) is 6.04 Å². The van der Waals surface area contributed by atoms with Crippen LogP contribution in [0.1, 0.15) is 16.6 Å². The van der Waals surface area contributed by atoms with Crippen molar-refractivity contribution < 1.29 is 0 Å². The van der Waals surface area contributed by atoms with Crippen LogP contribution in [0, 0.1) is 0 Å². The summed E-state index contributed by atoms with van der Waals surface area (Å²) < 4.78 is 1.09. The molecule has 0 spiro atoms. The molecular formula is C15H14BrN3S. The number of para-hydroxylation sites is 1. The minimum atomic E-state index is 0.0833. The molecule has 0 saturated carbocycles. The average Bonchev–Trinajstić information content (AvgIpc) is 2.91. The summed E-state index contributed by atoms with van der Waals surface area (Å²) >= 11 is 5.16. The number of benzene rings is 1. The predicted octanol–water partition coefficient (Wildman–Crippen LogP) is 3.81. The van der Waals surface area contributed by atoms with Crippen LogP contribution in [0.3, 0.4) is 0 Å². The first-order valence-electron chi connectivity index (χ1n) is 6.31. The van der Waals surface area contributed by atoms with Crippen molar-refractivity contribution in [3.05, 3.63) is 62.9 Å². The predicted molar refractivity (Wildman–Crippen MR) is 87.5 cm³/mol. The molecule has 0 fully saturated rings. The summed E-state index contributed by atoms with van der Waals surface area (Å²) in [5, 5.41) is 3.22. The molecule has 1 atom stereocenters. The van der Waals surface area contributed by atoms with Crippen LogP contribution in [0.5, 0.6) is 0 Å². The van der Waals surface area contributed by atoms with Crippen molar-refractivity contribution in [2.45, 2.75) is 12.5 Å². The number of hydrazine groups is 1. The molecule has 0 saturated heterocycles. The molecule has 2 heterocycles. The van der Waals surface area contributed by atoms with Crippen molar-refractivity contribution in [2.24, 2.45) is 5.84 Å². The van der Waals surface area contributed by atoms with Gasteiger partial charge >= 0.3 is 0 Å². The summed E-state index contributed by atoms with van der Waals surface area (Å²) in [5.74, 6) is 5.69. The standard InChI is InChI=1S/C15H14BrN3S/c16-11-7-15(20-9-11)14(19-17)8-12-6-5-10-3-1-2-4-13(10)18-12/h1-7,9,14,19H,8,17H2. The van der Waals surface area contributed by atoms with E-state index in [0.717, 1.165) is 27.5 Å². The van der Waals surface area contributed by atoms with Crippen LogP contribution in [-0.4, -0.2) is 4.98 Å². The van der Waals surface area contributed by atoms with Gasteiger partial charge in [0.1, 0.15) is 0 Å². The molecule has 2 aromatic heterocycles. The number of hydrogen-bond donors (Lipinski definition) is 2. The molecule has 3 rings (SSSR count). The number of nitrogens with one attached hydrogen (secondary N) is 1. The number of nitrogens with two attached hydrogens (primary N) is 1. The van der Waals surface area contributed by atoms with Crippen LogP contribution in [0.25, 0.3) is 10.9 Å². The Balaban J connectivity index is 1.87. The Labute approximate surface area is 129 Å². The molecule has 20 heavy (non-hydrogen) atoms. The largest absolute Gasteiger partial charge is 0.271 e. The van der Waals surface area contributed by atoms with Crippen molar-refractivity contribution in [3.8, 4) is 0 Å². The van der Waals surface area contributed by atoms with Crippen molar-refractivity contribution in [1.29, 1.82) is 0 Å². The van der Waals surface area contributed by atoms with Gasteiger partial charge < -0.3 is 0 Å². The van der Waals surface area contributed by atoms with E-state index in [9.17, 15) is 0 Å². The quantitative estimate of drug-likeness (QED) is 0.557. The Morgan fingerprint density at radius 1 is 1.25 bits per heavy atom. The number of pyridine rings is 1. The summed E-state index contributed by atoms with van der Waals surface area (Å²) in [5.41, 5.74) is 4.94. The fourth-order valence-electron chi connectivity index (χ4n) is 2.18. The van der Waals surface area contributed by atoms with Gasteiger partial charge in [0.2, 0.25) is 0 Å². The lowest BCUT2D eigenvalue weighted by molar-refractivity contribution is 0.555. The molecule has 0 aliphatic rings. The van der Waals surface area contributed by atoms with Gasteiger partial charge in [0, 0.05) is 32.2 Å². The third-order valence-corrected chi connectivity index (χ3v) is 5.01. The van der Waals surface area contributed by atoms with Crippen molar-refractivity contribution in [1.82, 2.24) is 10.4 Å². The van der Waals surface area contributed by atoms with Crippen LogP contribution in [0.15, 0.2) is 52.3 Å². The van der Waals surface area contributed by atoms with Crippen molar-refractivity contribution in [3.63, 3.8) is 0 Å². The number of fused-ring (bicyclic) bond motifs is 1. The molecule has 0 bridgehead atoms. The van der Waals surface area contributed by atoms with E-state index >= 15 is 0 Å². The zero-order chi connectivity index (χ0) is 13.9. The molecule has 0 amide bonds. The number of thiophene rings is 1. The minimum absolute atomic E-state index is 0.0833. The molecule has 0 radical (unpaired) electrons. The number of hydrogen-bond acceptors (Lipinski definition) is 4. The van der Waals surface area contributed by atoms with Crippen molar-refractivity contribution in [2.75, 3.05) is 0 Å². The second-order valence-corrected chi connectivity index (χ2v) is 6.44. The highest BCUT2D eigenvalue weighted by molar-refractivity contribution is 9.10. The van der Waals surface area contributed by atoms with Crippen LogP contribution < -0.4 is 11.3 Å². The first-order valence-corrected chi connectivity index (χ1v) is 7.98. The zero-order valence-electron chi connectivity index (χ0n) is 10.7. The van der Waals surface area contributed by atoms with Gasteiger partial charge in [0.25, 0.3) is 0 Å². The molecule has 1 unspecified atom stereocenters. The Bertz CT molecular complexity index is 726. The molecule has 1 aromatic carbocycles. The average molecular weight is 348 g/mol. The van der Waals surface area contributed by atoms with Gasteiger partial charge in [-0.3, -0.25) is 16.3 Å². The summed E-state index contributed by atoms with van der Waals surface area (Å²) in [7, 11) is 0. The third-order valence-electron chi connectivity index (χ3n) is 3.20. The number of aromatic nitrogens is 1. The van der Waals surface area contributed by atoms with Gasteiger partial charge in [-0.2, -0.15) is 0 Å². The Morgan fingerprint density at radius 3 is 2.85 bits per heavy atom. The van der Waals surface area contributed by atoms with E-state index < -0.39 is 0 Å². The molecule has 3 N–H and O–H groups in total. The van der Waals surface area contributed by atoms with Crippen LogP contribution in [0.2, 0.25) is 0 Å². The Kier molecular flexibility index (Phi) is 4.12. The molecule has 3 aromatic rings. The van der Waals surface area contributed by atoms with Gasteiger partial charge in [-0.1, -0.05) is 24.3 Å². The maximum atomic E-state index is 5.69. The van der Waals surface area contributed by atoms with E-state index in [0.29, 0.717) is 0 Å². The highest BCUT2D eigenvalue weighted by atomic mass is 79.9. The second kappa shape index (κ2) is 6.01. The maximum absolute atomic E-state index is 5.69. The highest BCUT2D eigenvalue weighted by Gasteiger charge is 2.13. The lowest BCUT2D eigenvalue weighted by Crippen LogP contribution is -2.29. The van der Waals surface area contributed by atoms with Crippen LogP contribution in [-0.2, 0) is 6.42 Å². The van der Waals surface area contributed by atoms with Crippen LogP contribution >= 0.6 is 27.3 Å². The van der Waals surface area contributed by atoms with Gasteiger partial charge in [-0.05, 0) is 34.1 Å². The summed E-state index contributed by atoms with van der Waals surface area (Å²) in [6.07, 6.45) is 0.772. The first-order chi connectivity index (χ1) is 9.76. The molecule has 3 nitrogen and oxygen atoms in total. The van der Waals surface area contributed by atoms with E-state index in [1.54, 1.807) is 11.3 Å². The lowest BCUT2D eigenvalue weighted by atomic mass is 10.1. The summed E-state index contributed by atoms with van der Waals surface area (Å²) in [6, 6.07) is 14.5. The van der Waals surface area contributed by atoms with Gasteiger partial charge in [0.05, 0.1) is 11.6 Å². The summed E-state index contributed by atoms with van der Waals surface area (Å²) in [6.45, 7) is 0.